The molecule has 27 heavy (non-hydrogen) atoms. The molecule has 0 saturated carbocycles. The van der Waals surface area contributed by atoms with Crippen LogP contribution in [0.3, 0.4) is 0 Å². The van der Waals surface area contributed by atoms with Gasteiger partial charge in [0.2, 0.25) is 10.0 Å². The Morgan fingerprint density at radius 3 is 2.48 bits per heavy atom. The molecule has 1 aliphatic heterocycles. The van der Waals surface area contributed by atoms with Gasteiger partial charge in [-0.05, 0) is 74.7 Å². The van der Waals surface area contributed by atoms with Gasteiger partial charge in [-0.25, -0.2) is 8.42 Å². The molecular weight excluding hydrogens is 428 g/mol. The maximum absolute atomic E-state index is 12.9. The molecule has 144 valence electrons. The number of hydrogen-bond donors (Lipinski definition) is 1. The first-order valence-corrected chi connectivity index (χ1v) is 11.2. The summed E-state index contributed by atoms with van der Waals surface area (Å²) in [6.07, 6.45) is 2.85. The highest BCUT2D eigenvalue weighted by Gasteiger charge is 2.30. The molecule has 1 heterocycles. The van der Waals surface area contributed by atoms with Gasteiger partial charge in [0.05, 0.1) is 4.90 Å². The van der Waals surface area contributed by atoms with E-state index in [0.717, 1.165) is 29.3 Å². The fourth-order valence-corrected chi connectivity index (χ4v) is 5.21. The molecule has 2 aromatic carbocycles. The molecule has 1 saturated heterocycles. The summed E-state index contributed by atoms with van der Waals surface area (Å²) in [5.41, 5.74) is 2.08. The van der Waals surface area contributed by atoms with E-state index < -0.39 is 10.0 Å². The van der Waals surface area contributed by atoms with Crippen LogP contribution in [0.25, 0.3) is 0 Å². The maximum Gasteiger partial charge on any atom is 0.255 e. The number of carbonyl (C=O) groups excluding carboxylic acids is 1. The van der Waals surface area contributed by atoms with Gasteiger partial charge in [0.25, 0.3) is 5.91 Å². The van der Waals surface area contributed by atoms with Crippen molar-refractivity contribution in [2.75, 3.05) is 11.9 Å². The minimum atomic E-state index is -3.50. The Morgan fingerprint density at radius 1 is 1.15 bits per heavy atom. The lowest BCUT2D eigenvalue weighted by Crippen LogP contribution is -2.41. The summed E-state index contributed by atoms with van der Waals surface area (Å²) in [6, 6.07) is 11.8. The summed E-state index contributed by atoms with van der Waals surface area (Å²) in [4.78, 5) is 12.7. The van der Waals surface area contributed by atoms with Gasteiger partial charge in [-0.15, -0.1) is 0 Å². The molecule has 0 aromatic heterocycles. The van der Waals surface area contributed by atoms with Gasteiger partial charge in [0, 0.05) is 28.3 Å². The van der Waals surface area contributed by atoms with Crippen LogP contribution < -0.4 is 5.32 Å². The van der Waals surface area contributed by atoms with Crippen molar-refractivity contribution in [3.05, 3.63) is 58.1 Å². The fourth-order valence-electron chi connectivity index (χ4n) is 3.26. The van der Waals surface area contributed by atoms with Crippen LogP contribution in [0, 0.1) is 6.92 Å². The molecule has 0 radical (unpaired) electrons. The molecule has 1 aliphatic rings. The lowest BCUT2D eigenvalue weighted by atomic mass is 10.1. The van der Waals surface area contributed by atoms with Gasteiger partial charge in [-0.3, -0.25) is 4.79 Å². The highest BCUT2D eigenvalue weighted by Crippen LogP contribution is 2.26. The van der Waals surface area contributed by atoms with E-state index in [1.165, 1.54) is 0 Å². The van der Waals surface area contributed by atoms with E-state index in [1.54, 1.807) is 40.7 Å². The number of carbonyl (C=O) groups is 1. The number of nitrogens with zero attached hydrogens (tertiary/aromatic N) is 1. The Morgan fingerprint density at radius 2 is 1.85 bits per heavy atom. The smallest absolute Gasteiger partial charge is 0.255 e. The number of anilines is 1. The topological polar surface area (TPSA) is 66.5 Å². The zero-order valence-electron chi connectivity index (χ0n) is 15.4. The first kappa shape index (κ1) is 20.0. The van der Waals surface area contributed by atoms with Crippen molar-refractivity contribution in [1.29, 1.82) is 0 Å². The summed E-state index contributed by atoms with van der Waals surface area (Å²) in [6.45, 7) is 4.43. The van der Waals surface area contributed by atoms with Crippen LogP contribution in [0.15, 0.2) is 51.8 Å². The van der Waals surface area contributed by atoms with Gasteiger partial charge in [0.15, 0.2) is 0 Å². The van der Waals surface area contributed by atoms with Gasteiger partial charge >= 0.3 is 0 Å². The van der Waals surface area contributed by atoms with Crippen LogP contribution in [-0.2, 0) is 10.0 Å². The fraction of sp³-hybridized carbons (Fsp3) is 0.350. The molecule has 0 bridgehead atoms. The van der Waals surface area contributed by atoms with E-state index in [4.69, 9.17) is 0 Å². The highest BCUT2D eigenvalue weighted by atomic mass is 79.9. The van der Waals surface area contributed by atoms with E-state index in [1.807, 2.05) is 19.9 Å². The third-order valence-electron chi connectivity index (χ3n) is 4.88. The molecule has 7 heteroatoms. The lowest BCUT2D eigenvalue weighted by molar-refractivity contribution is 0.102. The van der Waals surface area contributed by atoms with E-state index in [0.29, 0.717) is 17.8 Å². The second kappa shape index (κ2) is 8.12. The molecule has 0 spiro atoms. The van der Waals surface area contributed by atoms with Gasteiger partial charge in [-0.2, -0.15) is 4.31 Å². The molecule has 1 atom stereocenters. The normalized spacial score (nSPS) is 18.3. The third kappa shape index (κ3) is 4.42. The van der Waals surface area contributed by atoms with Crippen molar-refractivity contribution in [2.45, 2.75) is 44.0 Å². The van der Waals surface area contributed by atoms with Crippen LogP contribution in [0.4, 0.5) is 5.69 Å². The third-order valence-corrected chi connectivity index (χ3v) is 7.80. The minimum Gasteiger partial charge on any atom is -0.322 e. The summed E-state index contributed by atoms with van der Waals surface area (Å²) < 4.78 is 28.2. The molecular formula is C20H23BrN2O3S. The number of nitrogens with one attached hydrogen (secondary N) is 1. The first-order valence-electron chi connectivity index (χ1n) is 8.98. The Kier molecular flexibility index (Phi) is 6.03. The number of rotatable bonds is 4. The maximum atomic E-state index is 12.9. The average molecular weight is 451 g/mol. The van der Waals surface area contributed by atoms with Crippen LogP contribution in [0.5, 0.6) is 0 Å². The standard InChI is InChI=1S/C20H23BrN2O3S/c1-14-13-16(6-11-19(14)21)20(24)22-17-7-9-18(10-8-17)27(25,26)23-12-4-3-5-15(23)2/h6-11,13,15H,3-5,12H2,1-2H3,(H,22,24). The SMILES string of the molecule is Cc1cc(C(=O)Nc2ccc(S(=O)(=O)N3CCCCC3C)cc2)ccc1Br. The van der Waals surface area contributed by atoms with Crippen LogP contribution in [0.1, 0.15) is 42.1 Å². The van der Waals surface area contributed by atoms with Crippen molar-refractivity contribution in [1.82, 2.24) is 4.31 Å². The van der Waals surface area contributed by atoms with E-state index >= 15 is 0 Å². The molecule has 1 N–H and O–H groups in total. The first-order chi connectivity index (χ1) is 12.8. The van der Waals surface area contributed by atoms with E-state index in [-0.39, 0.29) is 16.8 Å². The predicted molar refractivity (Wildman–Crippen MR) is 110 cm³/mol. The molecule has 3 rings (SSSR count). The Hall–Kier alpha value is -1.70. The van der Waals surface area contributed by atoms with Crippen LogP contribution in [-0.4, -0.2) is 31.2 Å². The molecule has 5 nitrogen and oxygen atoms in total. The van der Waals surface area contributed by atoms with Crippen molar-refractivity contribution >= 4 is 37.5 Å². The number of hydrogen-bond acceptors (Lipinski definition) is 3. The Balaban J connectivity index is 1.75. The molecule has 1 fully saturated rings. The molecule has 1 unspecified atom stereocenters. The minimum absolute atomic E-state index is 0.0174. The van der Waals surface area contributed by atoms with E-state index in [2.05, 4.69) is 21.2 Å². The average Bonchev–Trinajstić information content (AvgIpc) is 2.64. The quantitative estimate of drug-likeness (QED) is 0.741. The summed E-state index contributed by atoms with van der Waals surface area (Å²) in [5, 5.41) is 2.81. The van der Waals surface area contributed by atoms with Gasteiger partial charge in [0.1, 0.15) is 0 Å². The largest absolute Gasteiger partial charge is 0.322 e. The Bertz CT molecular complexity index is 942. The van der Waals surface area contributed by atoms with Crippen molar-refractivity contribution in [2.24, 2.45) is 0 Å². The van der Waals surface area contributed by atoms with Gasteiger partial charge in [-0.1, -0.05) is 22.4 Å². The van der Waals surface area contributed by atoms with Gasteiger partial charge < -0.3 is 5.32 Å². The van der Waals surface area contributed by atoms with Crippen molar-refractivity contribution < 1.29 is 13.2 Å². The van der Waals surface area contributed by atoms with Crippen molar-refractivity contribution in [3.63, 3.8) is 0 Å². The molecule has 0 aliphatic carbocycles. The zero-order chi connectivity index (χ0) is 19.6. The second-order valence-corrected chi connectivity index (χ2v) is 9.65. The van der Waals surface area contributed by atoms with E-state index in [9.17, 15) is 13.2 Å². The summed E-state index contributed by atoms with van der Waals surface area (Å²) in [7, 11) is -3.50. The summed E-state index contributed by atoms with van der Waals surface area (Å²) in [5.74, 6) is -0.231. The second-order valence-electron chi connectivity index (χ2n) is 6.90. The van der Waals surface area contributed by atoms with Crippen molar-refractivity contribution in [3.8, 4) is 0 Å². The molecule has 2 aromatic rings. The number of halogens is 1. The monoisotopic (exact) mass is 450 g/mol. The number of aryl methyl sites for hydroxylation is 1. The molecule has 1 amide bonds. The predicted octanol–water partition coefficient (Wildman–Crippen LogP) is 4.57. The lowest BCUT2D eigenvalue weighted by Gasteiger charge is -2.32. The summed E-state index contributed by atoms with van der Waals surface area (Å²) >= 11 is 3.42. The van der Waals surface area contributed by atoms with Crippen LogP contribution in [0.2, 0.25) is 0 Å². The van der Waals surface area contributed by atoms with Crippen LogP contribution >= 0.6 is 15.9 Å². The number of piperidine rings is 1. The number of sulfonamides is 1. The highest BCUT2D eigenvalue weighted by molar-refractivity contribution is 9.10. The number of amides is 1. The number of benzene rings is 2. The Labute approximate surface area is 169 Å². The zero-order valence-corrected chi connectivity index (χ0v) is 17.8.